The number of ether oxygens (including phenoxy) is 2. The topological polar surface area (TPSA) is 46.9 Å². The van der Waals surface area contributed by atoms with Crippen LogP contribution in [-0.2, 0) is 4.74 Å². The first-order chi connectivity index (χ1) is 14.2. The Hall–Kier alpha value is -2.76. The molecular formula is C24H30N2O3. The number of morpholine rings is 1. The first-order valence-corrected chi connectivity index (χ1v) is 10.1. The molecule has 0 saturated carbocycles. The van der Waals surface area contributed by atoms with E-state index in [1.807, 2.05) is 51.4 Å². The third kappa shape index (κ3) is 6.38. The van der Waals surface area contributed by atoms with Crippen molar-refractivity contribution in [2.45, 2.75) is 6.92 Å². The van der Waals surface area contributed by atoms with Gasteiger partial charge in [-0.15, -0.1) is 0 Å². The van der Waals surface area contributed by atoms with E-state index in [9.17, 15) is 0 Å². The maximum atomic E-state index is 5.86. The smallest absolute Gasteiger partial charge is 0.138 e. The summed E-state index contributed by atoms with van der Waals surface area (Å²) in [6.07, 6.45) is 4.05. The quantitative estimate of drug-likeness (QED) is 0.681. The minimum atomic E-state index is 0.655. The van der Waals surface area contributed by atoms with Crippen molar-refractivity contribution in [3.05, 3.63) is 59.9 Å². The van der Waals surface area contributed by atoms with Crippen molar-refractivity contribution in [1.29, 1.82) is 0 Å². The highest BCUT2D eigenvalue weighted by molar-refractivity contribution is 5.83. The lowest BCUT2D eigenvalue weighted by Crippen LogP contribution is -2.30. The first kappa shape index (κ1) is 21.0. The van der Waals surface area contributed by atoms with Crippen LogP contribution in [0.2, 0.25) is 0 Å². The number of fused-ring (bicyclic) bond motifs is 1. The van der Waals surface area contributed by atoms with Crippen molar-refractivity contribution in [2.24, 2.45) is 0 Å². The molecule has 29 heavy (non-hydrogen) atoms. The molecule has 0 aliphatic carbocycles. The Morgan fingerprint density at radius 2 is 1.76 bits per heavy atom. The molecule has 1 N–H and O–H groups in total. The summed E-state index contributed by atoms with van der Waals surface area (Å²) in [5, 5.41) is 4.24. The third-order valence-electron chi connectivity index (χ3n) is 4.52. The zero-order chi connectivity index (χ0) is 20.5. The van der Waals surface area contributed by atoms with Gasteiger partial charge >= 0.3 is 0 Å². The van der Waals surface area contributed by atoms with E-state index in [-0.39, 0.29) is 0 Å². The van der Waals surface area contributed by atoms with E-state index in [0.29, 0.717) is 6.61 Å². The SMILES string of the molecule is C1COCCN1.CCOc1ccc2cc(C=Cc3ccc(N(C)C)cc3)oc2c1. The second-order valence-electron chi connectivity index (χ2n) is 6.96. The van der Waals surface area contributed by atoms with Crippen LogP contribution in [0, 0.1) is 0 Å². The van der Waals surface area contributed by atoms with Crippen LogP contribution in [0.25, 0.3) is 23.1 Å². The molecule has 3 aromatic rings. The molecule has 0 atom stereocenters. The molecule has 4 rings (SSSR count). The Bertz CT molecular complexity index is 898. The summed E-state index contributed by atoms with van der Waals surface area (Å²) in [5.41, 5.74) is 3.18. The van der Waals surface area contributed by atoms with Gasteiger partial charge in [-0.2, -0.15) is 0 Å². The Balaban J connectivity index is 0.000000343. The molecule has 0 bridgehead atoms. The van der Waals surface area contributed by atoms with Crippen molar-refractivity contribution in [3.63, 3.8) is 0 Å². The molecule has 1 saturated heterocycles. The highest BCUT2D eigenvalue weighted by atomic mass is 16.5. The predicted octanol–water partition coefficient (Wildman–Crippen LogP) is 4.67. The van der Waals surface area contributed by atoms with E-state index >= 15 is 0 Å². The lowest BCUT2D eigenvalue weighted by molar-refractivity contribution is 0.109. The van der Waals surface area contributed by atoms with E-state index < -0.39 is 0 Å². The van der Waals surface area contributed by atoms with Gasteiger partial charge in [0.05, 0.1) is 19.8 Å². The minimum Gasteiger partial charge on any atom is -0.494 e. The van der Waals surface area contributed by atoms with Crippen molar-refractivity contribution >= 4 is 28.8 Å². The van der Waals surface area contributed by atoms with Gasteiger partial charge in [0.2, 0.25) is 0 Å². The van der Waals surface area contributed by atoms with E-state index in [0.717, 1.165) is 54.3 Å². The summed E-state index contributed by atoms with van der Waals surface area (Å²) < 4.78 is 16.4. The van der Waals surface area contributed by atoms with E-state index in [1.165, 1.54) is 5.69 Å². The summed E-state index contributed by atoms with van der Waals surface area (Å²) in [5.74, 6) is 1.68. The summed E-state index contributed by atoms with van der Waals surface area (Å²) in [6.45, 7) is 6.46. The van der Waals surface area contributed by atoms with Crippen molar-refractivity contribution in [1.82, 2.24) is 5.32 Å². The molecule has 2 aromatic carbocycles. The minimum absolute atomic E-state index is 0.655. The van der Waals surface area contributed by atoms with Crippen LogP contribution in [0.5, 0.6) is 5.75 Å². The molecule has 1 fully saturated rings. The first-order valence-electron chi connectivity index (χ1n) is 10.1. The Labute approximate surface area is 172 Å². The molecular weight excluding hydrogens is 364 g/mol. The van der Waals surface area contributed by atoms with Crippen LogP contribution >= 0.6 is 0 Å². The largest absolute Gasteiger partial charge is 0.494 e. The zero-order valence-corrected chi connectivity index (χ0v) is 17.5. The second kappa shape index (κ2) is 10.7. The van der Waals surface area contributed by atoms with Crippen LogP contribution in [0.4, 0.5) is 5.69 Å². The van der Waals surface area contributed by atoms with Crippen molar-refractivity contribution in [3.8, 4) is 5.75 Å². The molecule has 154 valence electrons. The lowest BCUT2D eigenvalue weighted by Gasteiger charge is -2.11. The fraction of sp³-hybridized carbons (Fsp3) is 0.333. The summed E-state index contributed by atoms with van der Waals surface area (Å²) in [6, 6.07) is 16.4. The molecule has 1 aliphatic rings. The molecule has 0 unspecified atom stereocenters. The van der Waals surface area contributed by atoms with Gasteiger partial charge in [-0.3, -0.25) is 0 Å². The highest BCUT2D eigenvalue weighted by Crippen LogP contribution is 2.25. The van der Waals surface area contributed by atoms with Gasteiger partial charge in [-0.05, 0) is 48.9 Å². The van der Waals surface area contributed by atoms with Crippen LogP contribution in [0.3, 0.4) is 0 Å². The summed E-state index contributed by atoms with van der Waals surface area (Å²) in [7, 11) is 4.07. The van der Waals surface area contributed by atoms with Gasteiger partial charge in [-0.1, -0.05) is 18.2 Å². The van der Waals surface area contributed by atoms with E-state index in [1.54, 1.807) is 0 Å². The molecule has 0 spiro atoms. The molecule has 0 radical (unpaired) electrons. The molecule has 0 amide bonds. The number of anilines is 1. The van der Waals surface area contributed by atoms with Crippen LogP contribution < -0.4 is 15.0 Å². The average molecular weight is 395 g/mol. The summed E-state index contributed by atoms with van der Waals surface area (Å²) in [4.78, 5) is 2.09. The van der Waals surface area contributed by atoms with Gasteiger partial charge in [0, 0.05) is 44.3 Å². The number of rotatable bonds is 5. The second-order valence-corrected chi connectivity index (χ2v) is 6.96. The lowest BCUT2D eigenvalue weighted by atomic mass is 10.1. The average Bonchev–Trinajstić information content (AvgIpc) is 3.17. The van der Waals surface area contributed by atoms with Crippen LogP contribution in [-0.4, -0.2) is 47.0 Å². The fourth-order valence-corrected chi connectivity index (χ4v) is 2.95. The van der Waals surface area contributed by atoms with Gasteiger partial charge < -0.3 is 24.1 Å². The van der Waals surface area contributed by atoms with E-state index in [2.05, 4.69) is 40.6 Å². The Kier molecular flexibility index (Phi) is 7.73. The molecule has 2 heterocycles. The van der Waals surface area contributed by atoms with Crippen molar-refractivity contribution < 1.29 is 13.9 Å². The molecule has 5 nitrogen and oxygen atoms in total. The summed E-state index contributed by atoms with van der Waals surface area (Å²) >= 11 is 0. The molecule has 1 aliphatic heterocycles. The maximum Gasteiger partial charge on any atom is 0.138 e. The Morgan fingerprint density at radius 3 is 2.34 bits per heavy atom. The number of nitrogens with zero attached hydrogens (tertiary/aromatic N) is 1. The number of furan rings is 1. The standard InChI is InChI=1S/C20H21NO2.C4H9NO/c1-4-22-18-12-8-16-13-19(23-20(16)14-18)11-7-15-5-9-17(10-6-15)21(2)3;1-3-6-4-2-5-1/h5-14H,4H2,1-3H3;5H,1-4H2. The van der Waals surface area contributed by atoms with Gasteiger partial charge in [-0.25, -0.2) is 0 Å². The number of nitrogens with one attached hydrogen (secondary N) is 1. The van der Waals surface area contributed by atoms with Gasteiger partial charge in [0.1, 0.15) is 17.1 Å². The Morgan fingerprint density at radius 1 is 1.00 bits per heavy atom. The zero-order valence-electron chi connectivity index (χ0n) is 17.5. The predicted molar refractivity (Wildman–Crippen MR) is 121 cm³/mol. The van der Waals surface area contributed by atoms with E-state index in [4.69, 9.17) is 13.9 Å². The van der Waals surface area contributed by atoms with Crippen LogP contribution in [0.15, 0.2) is 52.9 Å². The van der Waals surface area contributed by atoms with Crippen LogP contribution in [0.1, 0.15) is 18.2 Å². The number of hydrogen-bond acceptors (Lipinski definition) is 5. The maximum absolute atomic E-state index is 5.86. The highest BCUT2D eigenvalue weighted by Gasteiger charge is 2.03. The monoisotopic (exact) mass is 394 g/mol. The van der Waals surface area contributed by atoms with Gasteiger partial charge in [0.25, 0.3) is 0 Å². The number of hydrogen-bond donors (Lipinski definition) is 1. The van der Waals surface area contributed by atoms with Crippen molar-refractivity contribution in [2.75, 3.05) is 51.9 Å². The third-order valence-corrected chi connectivity index (χ3v) is 4.52. The number of benzene rings is 2. The fourth-order valence-electron chi connectivity index (χ4n) is 2.95. The molecule has 1 aromatic heterocycles. The van der Waals surface area contributed by atoms with Gasteiger partial charge in [0.15, 0.2) is 0 Å². The molecule has 5 heteroatoms. The normalized spacial score (nSPS) is 13.9.